The molecule has 0 amide bonds. The Morgan fingerprint density at radius 2 is 1.75 bits per heavy atom. The van der Waals surface area contributed by atoms with Crippen LogP contribution < -0.4 is 15.0 Å². The first kappa shape index (κ1) is 21.7. The van der Waals surface area contributed by atoms with E-state index in [1.54, 1.807) is 25.4 Å². The van der Waals surface area contributed by atoms with Crippen molar-refractivity contribution < 1.29 is 17.5 Å². The van der Waals surface area contributed by atoms with Gasteiger partial charge < -0.3 is 9.30 Å². The molecule has 0 saturated heterocycles. The predicted octanol–water partition coefficient (Wildman–Crippen LogP) is 3.83. The molecule has 0 spiro atoms. The molecule has 32 heavy (non-hydrogen) atoms. The van der Waals surface area contributed by atoms with Gasteiger partial charge in [0.2, 0.25) is 10.0 Å². The Balaban J connectivity index is 1.83. The van der Waals surface area contributed by atoms with Crippen molar-refractivity contribution in [1.82, 2.24) is 9.29 Å². The van der Waals surface area contributed by atoms with Gasteiger partial charge in [-0.1, -0.05) is 42.5 Å². The van der Waals surface area contributed by atoms with Crippen molar-refractivity contribution >= 4 is 20.8 Å². The Morgan fingerprint density at radius 1 is 1.00 bits per heavy atom. The van der Waals surface area contributed by atoms with E-state index in [1.807, 2.05) is 30.3 Å². The summed E-state index contributed by atoms with van der Waals surface area (Å²) in [5.74, 6) is -0.329. The van der Waals surface area contributed by atoms with Crippen molar-refractivity contribution in [1.29, 1.82) is 0 Å². The lowest BCUT2D eigenvalue weighted by Crippen LogP contribution is -2.23. The zero-order valence-electron chi connectivity index (χ0n) is 17.5. The standard InChI is InChI=1S/C24H21FN2O4S/c1-27-15-21(19-10-9-18(25)13-20(19)24(27)28)17-8-11-22(31-2)23(12-17)32(29,30)26-14-16-6-4-3-5-7-16/h3-13,15,26H,14H2,1-2H3. The van der Waals surface area contributed by atoms with Crippen LogP contribution in [0.1, 0.15) is 5.56 Å². The molecular weight excluding hydrogens is 431 g/mol. The molecule has 0 aliphatic carbocycles. The maximum Gasteiger partial charge on any atom is 0.258 e. The van der Waals surface area contributed by atoms with Gasteiger partial charge in [0.1, 0.15) is 16.5 Å². The molecule has 4 rings (SSSR count). The van der Waals surface area contributed by atoms with Crippen molar-refractivity contribution in [3.8, 4) is 16.9 Å². The topological polar surface area (TPSA) is 77.4 Å². The van der Waals surface area contributed by atoms with Gasteiger partial charge in [-0.3, -0.25) is 4.79 Å². The number of hydrogen-bond donors (Lipinski definition) is 1. The summed E-state index contributed by atoms with van der Waals surface area (Å²) in [5, 5.41) is 0.743. The summed E-state index contributed by atoms with van der Waals surface area (Å²) in [7, 11) is -0.947. The number of rotatable bonds is 6. The fraction of sp³-hybridized carbons (Fsp3) is 0.125. The molecule has 0 unspecified atom stereocenters. The first-order valence-corrected chi connectivity index (χ1v) is 11.3. The van der Waals surface area contributed by atoms with E-state index in [1.165, 1.54) is 35.9 Å². The molecule has 4 aromatic rings. The largest absolute Gasteiger partial charge is 0.495 e. The predicted molar refractivity (Wildman–Crippen MR) is 122 cm³/mol. The maximum atomic E-state index is 13.8. The Labute approximate surface area is 185 Å². The van der Waals surface area contributed by atoms with Crippen molar-refractivity contribution in [2.75, 3.05) is 7.11 Å². The second kappa shape index (κ2) is 8.57. The van der Waals surface area contributed by atoms with Gasteiger partial charge >= 0.3 is 0 Å². The van der Waals surface area contributed by atoms with Gasteiger partial charge in [-0.2, -0.15) is 0 Å². The maximum absolute atomic E-state index is 13.8. The van der Waals surface area contributed by atoms with Crippen LogP contribution in [-0.2, 0) is 23.6 Å². The van der Waals surface area contributed by atoms with Gasteiger partial charge in [0.25, 0.3) is 5.56 Å². The lowest BCUT2D eigenvalue weighted by atomic mass is 10.0. The van der Waals surface area contributed by atoms with Gasteiger partial charge in [-0.05, 0) is 40.8 Å². The van der Waals surface area contributed by atoms with E-state index in [9.17, 15) is 17.6 Å². The van der Waals surface area contributed by atoms with Crippen LogP contribution in [0.25, 0.3) is 21.9 Å². The third-order valence-corrected chi connectivity index (χ3v) is 6.64. The summed E-state index contributed by atoms with van der Waals surface area (Å²) in [6.07, 6.45) is 1.61. The van der Waals surface area contributed by atoms with Crippen LogP contribution in [0.3, 0.4) is 0 Å². The second-order valence-corrected chi connectivity index (χ2v) is 9.06. The monoisotopic (exact) mass is 452 g/mol. The summed E-state index contributed by atoms with van der Waals surface area (Å²) < 4.78 is 49.2. The molecular formula is C24H21FN2O4S. The molecule has 8 heteroatoms. The Kier molecular flexibility index (Phi) is 5.82. The molecule has 0 aliphatic heterocycles. The first-order chi connectivity index (χ1) is 15.3. The molecule has 0 saturated carbocycles. The molecule has 1 aromatic heterocycles. The van der Waals surface area contributed by atoms with Crippen molar-refractivity contribution in [3.63, 3.8) is 0 Å². The summed E-state index contributed by atoms with van der Waals surface area (Å²) >= 11 is 0. The highest BCUT2D eigenvalue weighted by Crippen LogP contribution is 2.33. The van der Waals surface area contributed by atoms with Gasteiger partial charge in [0.15, 0.2) is 0 Å². The number of hydrogen-bond acceptors (Lipinski definition) is 4. The second-order valence-electron chi connectivity index (χ2n) is 7.32. The first-order valence-electron chi connectivity index (χ1n) is 9.81. The summed E-state index contributed by atoms with van der Waals surface area (Å²) in [4.78, 5) is 12.5. The highest BCUT2D eigenvalue weighted by atomic mass is 32.2. The Bertz CT molecular complexity index is 1470. The molecule has 1 heterocycles. The number of benzene rings is 3. The molecule has 0 aliphatic rings. The highest BCUT2D eigenvalue weighted by Gasteiger charge is 2.21. The quantitative estimate of drug-likeness (QED) is 0.482. The van der Waals surface area contributed by atoms with Crippen LogP contribution in [0.5, 0.6) is 5.75 Å². The summed E-state index contributed by atoms with van der Waals surface area (Å²) in [6, 6.07) is 17.9. The SMILES string of the molecule is COc1ccc(-c2cn(C)c(=O)c3cc(F)ccc23)cc1S(=O)(=O)NCc1ccccc1. The van der Waals surface area contributed by atoms with E-state index in [2.05, 4.69) is 4.72 Å². The molecule has 0 bridgehead atoms. The number of nitrogens with zero attached hydrogens (tertiary/aromatic N) is 1. The number of nitrogens with one attached hydrogen (secondary N) is 1. The fourth-order valence-electron chi connectivity index (χ4n) is 3.58. The smallest absolute Gasteiger partial charge is 0.258 e. The summed E-state index contributed by atoms with van der Waals surface area (Å²) in [5.41, 5.74) is 1.63. The summed E-state index contributed by atoms with van der Waals surface area (Å²) in [6.45, 7) is 0.124. The lowest BCUT2D eigenvalue weighted by molar-refractivity contribution is 0.402. The minimum atomic E-state index is -3.91. The third-order valence-electron chi connectivity index (χ3n) is 5.22. The number of fused-ring (bicyclic) bond motifs is 1. The number of pyridine rings is 1. The van der Waals surface area contributed by atoms with E-state index in [4.69, 9.17) is 4.74 Å². The van der Waals surface area contributed by atoms with Crippen LogP contribution >= 0.6 is 0 Å². The van der Waals surface area contributed by atoms with Crippen molar-refractivity contribution in [2.24, 2.45) is 7.05 Å². The molecule has 0 fully saturated rings. The number of sulfonamides is 1. The van der Waals surface area contributed by atoms with Gasteiger partial charge in [0.05, 0.1) is 12.5 Å². The molecule has 3 aromatic carbocycles. The van der Waals surface area contributed by atoms with E-state index in [0.29, 0.717) is 16.5 Å². The molecule has 6 nitrogen and oxygen atoms in total. The number of aryl methyl sites for hydroxylation is 1. The van der Waals surface area contributed by atoms with Crippen LogP contribution in [0.15, 0.2) is 82.6 Å². The number of methoxy groups -OCH3 is 1. The average Bonchev–Trinajstić information content (AvgIpc) is 2.80. The minimum Gasteiger partial charge on any atom is -0.495 e. The van der Waals surface area contributed by atoms with E-state index in [-0.39, 0.29) is 28.1 Å². The number of halogens is 1. The average molecular weight is 453 g/mol. The normalized spacial score (nSPS) is 11.6. The van der Waals surface area contributed by atoms with Gasteiger partial charge in [-0.15, -0.1) is 0 Å². The fourth-order valence-corrected chi connectivity index (χ4v) is 4.79. The lowest BCUT2D eigenvalue weighted by Gasteiger charge is -2.14. The Morgan fingerprint density at radius 3 is 2.47 bits per heavy atom. The van der Waals surface area contributed by atoms with Crippen molar-refractivity contribution in [3.05, 3.63) is 94.7 Å². The van der Waals surface area contributed by atoms with E-state index in [0.717, 1.165) is 5.56 Å². The number of ether oxygens (including phenoxy) is 1. The van der Waals surface area contributed by atoms with E-state index >= 15 is 0 Å². The molecule has 0 atom stereocenters. The van der Waals surface area contributed by atoms with Gasteiger partial charge in [0, 0.05) is 25.4 Å². The van der Waals surface area contributed by atoms with Crippen LogP contribution in [0.4, 0.5) is 4.39 Å². The van der Waals surface area contributed by atoms with Crippen LogP contribution in [-0.4, -0.2) is 20.1 Å². The highest BCUT2D eigenvalue weighted by molar-refractivity contribution is 7.89. The zero-order valence-corrected chi connectivity index (χ0v) is 18.3. The van der Waals surface area contributed by atoms with E-state index < -0.39 is 15.8 Å². The zero-order chi connectivity index (χ0) is 22.9. The van der Waals surface area contributed by atoms with Crippen molar-refractivity contribution in [2.45, 2.75) is 11.4 Å². The molecule has 1 N–H and O–H groups in total. The molecule has 164 valence electrons. The number of aromatic nitrogens is 1. The van der Waals surface area contributed by atoms with Gasteiger partial charge in [-0.25, -0.2) is 17.5 Å². The molecule has 0 radical (unpaired) electrons. The minimum absolute atomic E-state index is 0.0301. The Hall–Kier alpha value is -3.49. The van der Waals surface area contributed by atoms with Crippen LogP contribution in [0, 0.1) is 5.82 Å². The third kappa shape index (κ3) is 4.15. The van der Waals surface area contributed by atoms with Crippen LogP contribution in [0.2, 0.25) is 0 Å².